The second-order valence-corrected chi connectivity index (χ2v) is 7.84. The molecule has 0 aliphatic heterocycles. The van der Waals surface area contributed by atoms with Crippen LogP contribution in [0, 0.1) is 19.8 Å². The minimum atomic E-state index is -3.48. The van der Waals surface area contributed by atoms with E-state index in [1.807, 2.05) is 0 Å². The Morgan fingerprint density at radius 3 is 2.44 bits per heavy atom. The van der Waals surface area contributed by atoms with Crippen molar-refractivity contribution < 1.29 is 8.42 Å². The topological polar surface area (TPSA) is 74.8 Å². The maximum atomic E-state index is 12.1. The monoisotopic (exact) mass is 337 g/mol. The van der Waals surface area contributed by atoms with Crippen LogP contribution in [-0.2, 0) is 10.0 Å². The van der Waals surface area contributed by atoms with Crippen LogP contribution in [0.15, 0.2) is 4.90 Å². The lowest BCUT2D eigenvalue weighted by Crippen LogP contribution is -2.30. The van der Waals surface area contributed by atoms with Gasteiger partial charge in [-0.1, -0.05) is 29.8 Å². The molecule has 5 nitrogen and oxygen atoms in total. The van der Waals surface area contributed by atoms with Gasteiger partial charge in [-0.15, -0.1) is 0 Å². The van der Waals surface area contributed by atoms with Gasteiger partial charge in [0.15, 0.2) is 0 Å². The number of hydrogen-bond donors (Lipinski definition) is 2. The first-order chi connectivity index (χ1) is 8.24. The van der Waals surface area contributed by atoms with Crippen LogP contribution in [0.2, 0.25) is 0 Å². The molecule has 2 N–H and O–H groups in total. The van der Waals surface area contributed by atoms with Gasteiger partial charge in [-0.2, -0.15) is 5.10 Å². The number of alkyl halides is 1. The SMILES string of the molecule is Cc1n[nH]c(C)c1S(=O)(=O)NCC(Br)CC(C)C. The maximum absolute atomic E-state index is 12.1. The largest absolute Gasteiger partial charge is 0.281 e. The third-order valence-corrected chi connectivity index (χ3v) is 4.93. The summed E-state index contributed by atoms with van der Waals surface area (Å²) in [6, 6.07) is 0. The fourth-order valence-corrected chi connectivity index (χ4v) is 4.38. The van der Waals surface area contributed by atoms with Crippen LogP contribution in [-0.4, -0.2) is 30.0 Å². The third-order valence-electron chi connectivity index (χ3n) is 2.55. The molecule has 1 heterocycles. The maximum Gasteiger partial charge on any atom is 0.244 e. The predicted octanol–water partition coefficient (Wildman–Crippen LogP) is 2.11. The van der Waals surface area contributed by atoms with Crippen LogP contribution >= 0.6 is 15.9 Å². The smallest absolute Gasteiger partial charge is 0.244 e. The van der Waals surface area contributed by atoms with E-state index in [0.717, 1.165) is 6.42 Å². The van der Waals surface area contributed by atoms with Gasteiger partial charge in [-0.05, 0) is 26.2 Å². The van der Waals surface area contributed by atoms with E-state index in [4.69, 9.17) is 0 Å². The number of H-pyrrole nitrogens is 1. The first-order valence-electron chi connectivity index (χ1n) is 5.89. The number of aromatic nitrogens is 2. The van der Waals surface area contributed by atoms with Crippen molar-refractivity contribution >= 4 is 26.0 Å². The van der Waals surface area contributed by atoms with Crippen molar-refractivity contribution in [3.63, 3.8) is 0 Å². The number of sulfonamides is 1. The normalized spacial score (nSPS) is 14.1. The molecule has 0 aliphatic carbocycles. The summed E-state index contributed by atoms with van der Waals surface area (Å²) in [6.07, 6.45) is 0.922. The zero-order valence-electron chi connectivity index (χ0n) is 11.1. The second kappa shape index (κ2) is 6.16. The minimum Gasteiger partial charge on any atom is -0.281 e. The van der Waals surface area contributed by atoms with E-state index in [2.05, 4.69) is 44.7 Å². The van der Waals surface area contributed by atoms with Crippen LogP contribution in [0.5, 0.6) is 0 Å². The molecular formula is C11H20BrN3O2S. The van der Waals surface area contributed by atoms with E-state index in [9.17, 15) is 8.42 Å². The lowest BCUT2D eigenvalue weighted by molar-refractivity contribution is 0.551. The molecule has 0 saturated carbocycles. The van der Waals surface area contributed by atoms with Crippen molar-refractivity contribution in [2.24, 2.45) is 5.92 Å². The molecule has 1 rings (SSSR count). The summed E-state index contributed by atoms with van der Waals surface area (Å²) in [4.78, 5) is 0.395. The zero-order valence-corrected chi connectivity index (χ0v) is 13.5. The zero-order chi connectivity index (χ0) is 13.9. The van der Waals surface area contributed by atoms with E-state index in [1.54, 1.807) is 13.8 Å². The highest BCUT2D eigenvalue weighted by atomic mass is 79.9. The van der Waals surface area contributed by atoms with Gasteiger partial charge in [-0.3, -0.25) is 5.10 Å². The van der Waals surface area contributed by atoms with Crippen LogP contribution < -0.4 is 4.72 Å². The van der Waals surface area contributed by atoms with Crippen molar-refractivity contribution in [3.05, 3.63) is 11.4 Å². The lowest BCUT2D eigenvalue weighted by atomic mass is 10.1. The fourth-order valence-electron chi connectivity index (χ4n) is 1.80. The molecule has 18 heavy (non-hydrogen) atoms. The van der Waals surface area contributed by atoms with Crippen LogP contribution in [0.1, 0.15) is 31.7 Å². The van der Waals surface area contributed by atoms with Gasteiger partial charge >= 0.3 is 0 Å². The quantitative estimate of drug-likeness (QED) is 0.780. The molecule has 0 spiro atoms. The highest BCUT2D eigenvalue weighted by Gasteiger charge is 2.22. The highest BCUT2D eigenvalue weighted by molar-refractivity contribution is 9.09. The Morgan fingerprint density at radius 1 is 1.39 bits per heavy atom. The van der Waals surface area contributed by atoms with Gasteiger partial charge in [0, 0.05) is 11.4 Å². The number of rotatable bonds is 6. The van der Waals surface area contributed by atoms with Crippen molar-refractivity contribution in [2.75, 3.05) is 6.54 Å². The van der Waals surface area contributed by atoms with Gasteiger partial charge in [0.05, 0.1) is 11.4 Å². The average molecular weight is 338 g/mol. The van der Waals surface area contributed by atoms with Crippen molar-refractivity contribution in [3.8, 4) is 0 Å². The molecule has 1 aromatic rings. The molecule has 0 aliphatic rings. The minimum absolute atomic E-state index is 0.139. The van der Waals surface area contributed by atoms with E-state index < -0.39 is 10.0 Å². The van der Waals surface area contributed by atoms with Crippen molar-refractivity contribution in [2.45, 2.75) is 43.8 Å². The van der Waals surface area contributed by atoms with Crippen molar-refractivity contribution in [1.29, 1.82) is 0 Å². The summed E-state index contributed by atoms with van der Waals surface area (Å²) in [5.74, 6) is 0.524. The van der Waals surface area contributed by atoms with E-state index in [1.165, 1.54) is 0 Å². The molecule has 0 aromatic carbocycles. The molecule has 1 atom stereocenters. The number of hydrogen-bond acceptors (Lipinski definition) is 3. The molecule has 0 bridgehead atoms. The third kappa shape index (κ3) is 4.07. The van der Waals surface area contributed by atoms with E-state index in [0.29, 0.717) is 23.9 Å². The van der Waals surface area contributed by atoms with Crippen LogP contribution in [0.4, 0.5) is 0 Å². The number of halogens is 1. The molecule has 0 amide bonds. The highest BCUT2D eigenvalue weighted by Crippen LogP contribution is 2.17. The van der Waals surface area contributed by atoms with Crippen LogP contribution in [0.25, 0.3) is 0 Å². The van der Waals surface area contributed by atoms with Gasteiger partial charge in [0.25, 0.3) is 0 Å². The van der Waals surface area contributed by atoms with E-state index in [-0.39, 0.29) is 9.72 Å². The number of nitrogens with zero attached hydrogens (tertiary/aromatic N) is 1. The Morgan fingerprint density at radius 2 is 2.00 bits per heavy atom. The van der Waals surface area contributed by atoms with Crippen molar-refractivity contribution in [1.82, 2.24) is 14.9 Å². The average Bonchev–Trinajstić information content (AvgIpc) is 2.55. The number of aryl methyl sites for hydroxylation is 2. The van der Waals surface area contributed by atoms with E-state index >= 15 is 0 Å². The summed E-state index contributed by atoms with van der Waals surface area (Å²) < 4.78 is 26.9. The molecular weight excluding hydrogens is 318 g/mol. The molecule has 0 saturated heterocycles. The lowest BCUT2D eigenvalue weighted by Gasteiger charge is -2.13. The van der Waals surface area contributed by atoms with Gasteiger partial charge in [0.1, 0.15) is 4.90 Å². The van der Waals surface area contributed by atoms with Crippen LogP contribution in [0.3, 0.4) is 0 Å². The first-order valence-corrected chi connectivity index (χ1v) is 8.29. The standard InChI is InChI=1S/C11H20BrN3O2S/c1-7(2)5-10(12)6-13-18(16,17)11-8(3)14-15-9(11)4/h7,10,13H,5-6H2,1-4H3,(H,14,15). The van der Waals surface area contributed by atoms with Gasteiger partial charge in [-0.25, -0.2) is 13.1 Å². The number of aromatic amines is 1. The summed E-state index contributed by atoms with van der Waals surface area (Å²) in [5.41, 5.74) is 1.06. The Bertz CT molecular complexity index is 477. The molecule has 1 aromatic heterocycles. The predicted molar refractivity (Wildman–Crippen MR) is 75.4 cm³/mol. The summed E-state index contributed by atoms with van der Waals surface area (Å²) in [6.45, 7) is 7.97. The summed E-state index contributed by atoms with van der Waals surface area (Å²) >= 11 is 3.48. The Balaban J connectivity index is 2.72. The molecule has 0 radical (unpaired) electrons. The Hall–Kier alpha value is -0.400. The second-order valence-electron chi connectivity index (χ2n) is 4.84. The Kier molecular flexibility index (Phi) is 5.36. The molecule has 7 heteroatoms. The van der Waals surface area contributed by atoms with Gasteiger partial charge < -0.3 is 0 Å². The molecule has 1 unspecified atom stereocenters. The summed E-state index contributed by atoms with van der Waals surface area (Å²) in [5, 5.41) is 6.58. The Labute approximate surface area is 117 Å². The molecule has 0 fully saturated rings. The summed E-state index contributed by atoms with van der Waals surface area (Å²) in [7, 11) is -3.48. The fraction of sp³-hybridized carbons (Fsp3) is 0.727. The first kappa shape index (κ1) is 15.7. The molecule has 104 valence electrons. The number of nitrogens with one attached hydrogen (secondary N) is 2. The van der Waals surface area contributed by atoms with Gasteiger partial charge in [0.2, 0.25) is 10.0 Å².